The van der Waals surface area contributed by atoms with Crippen molar-refractivity contribution in [1.82, 2.24) is 14.9 Å². The molecule has 0 aliphatic carbocycles. The van der Waals surface area contributed by atoms with Crippen molar-refractivity contribution in [2.75, 3.05) is 36.9 Å². The number of alkyl halides is 2. The zero-order valence-corrected chi connectivity index (χ0v) is 21.8. The number of fused-ring (bicyclic) bond motifs is 1. The normalized spacial score (nSPS) is 14.4. The molecular weight excluding hydrogens is 538 g/mol. The first-order valence-electron chi connectivity index (χ1n) is 12.6. The minimum atomic E-state index is -2.87. The van der Waals surface area contributed by atoms with Gasteiger partial charge in [-0.3, -0.25) is 9.69 Å². The molecule has 1 aliphatic rings. The molecule has 3 aromatic rings. The Morgan fingerprint density at radius 2 is 1.92 bits per heavy atom. The highest BCUT2D eigenvalue weighted by atomic mass is 35.5. The van der Waals surface area contributed by atoms with Gasteiger partial charge in [0.2, 0.25) is 5.91 Å². The van der Waals surface area contributed by atoms with E-state index in [9.17, 15) is 22.4 Å². The summed E-state index contributed by atoms with van der Waals surface area (Å²) in [5, 5.41) is 5.44. The third-order valence-electron chi connectivity index (χ3n) is 6.32. The number of benzene rings is 2. The van der Waals surface area contributed by atoms with Crippen molar-refractivity contribution in [2.24, 2.45) is 0 Å². The summed E-state index contributed by atoms with van der Waals surface area (Å²) in [5.41, 5.74) is 1.44. The fourth-order valence-electron chi connectivity index (χ4n) is 4.38. The first-order valence-corrected chi connectivity index (χ1v) is 13.0. The van der Waals surface area contributed by atoms with Gasteiger partial charge in [0.1, 0.15) is 23.0 Å². The van der Waals surface area contributed by atoms with E-state index in [0.717, 1.165) is 32.0 Å². The molecule has 1 saturated heterocycles. The Morgan fingerprint density at radius 1 is 1.13 bits per heavy atom. The van der Waals surface area contributed by atoms with E-state index in [1.165, 1.54) is 24.9 Å². The van der Waals surface area contributed by atoms with Crippen molar-refractivity contribution >= 4 is 45.6 Å². The first kappa shape index (κ1) is 28.7. The number of carbonyl (C=O) groups is 1. The number of halogens is 5. The number of aryl methyl sites for hydroxylation is 1. The topological polar surface area (TPSA) is 79.4 Å². The number of hydrogen-bond donors (Lipinski definition) is 2. The Hall–Kier alpha value is -3.28. The van der Waals surface area contributed by atoms with Crippen LogP contribution in [0.5, 0.6) is 0 Å². The van der Waals surface area contributed by atoms with Crippen LogP contribution >= 0.6 is 11.6 Å². The largest absolute Gasteiger partial charge is 0.345 e. The Bertz CT molecular complexity index is 1340. The molecular formula is C27H28ClF4N5O2. The minimum absolute atomic E-state index is 0.0964. The highest BCUT2D eigenvalue weighted by molar-refractivity contribution is 6.31. The van der Waals surface area contributed by atoms with Crippen molar-refractivity contribution in [1.29, 1.82) is 0 Å². The van der Waals surface area contributed by atoms with Crippen LogP contribution in [0.1, 0.15) is 31.2 Å². The average molecular weight is 566 g/mol. The average Bonchev–Trinajstić information content (AvgIpc) is 2.92. The number of likely N-dealkylation sites (tertiary alicyclic amines) is 1. The minimum Gasteiger partial charge on any atom is -0.337 e. The fraction of sp³-hybridized carbons (Fsp3) is 0.370. The summed E-state index contributed by atoms with van der Waals surface area (Å²) in [6.45, 7) is -0.377. The van der Waals surface area contributed by atoms with E-state index in [1.54, 1.807) is 18.2 Å². The molecule has 1 aliphatic heterocycles. The number of aromatic nitrogens is 2. The Kier molecular flexibility index (Phi) is 10.1. The van der Waals surface area contributed by atoms with Crippen molar-refractivity contribution in [3.05, 3.63) is 65.0 Å². The van der Waals surface area contributed by atoms with E-state index < -0.39 is 23.3 Å². The standard InChI is InChI=1S/C27H28ClF4N5O2/c28-24-19(29)8-9-20(25(24)30)36-26-18-15-21(35-23(38)7-4-12-37-10-2-1-3-11-37)17(6-5-13-39-27(31)32)14-22(18)33-16-34-26/h4,7-9,14-16,27H,1-3,5-6,10-13H2,(H,35,38)(H,33,34,36)/b7-4+. The number of ether oxygens (including phenoxy) is 1. The lowest BCUT2D eigenvalue weighted by atomic mass is 10.0. The molecule has 1 aromatic heterocycles. The molecule has 0 radical (unpaired) electrons. The van der Waals surface area contributed by atoms with Crippen molar-refractivity contribution in [2.45, 2.75) is 38.7 Å². The lowest BCUT2D eigenvalue weighted by molar-refractivity contribution is -0.129. The Labute approximate surface area is 228 Å². The smallest absolute Gasteiger partial charge is 0.337 e. The molecule has 1 fully saturated rings. The number of hydrogen-bond acceptors (Lipinski definition) is 6. The second-order valence-electron chi connectivity index (χ2n) is 9.08. The molecule has 208 valence electrons. The van der Waals surface area contributed by atoms with Gasteiger partial charge in [-0.15, -0.1) is 0 Å². The monoisotopic (exact) mass is 565 g/mol. The maximum atomic E-state index is 14.5. The van der Waals surface area contributed by atoms with E-state index in [-0.39, 0.29) is 30.4 Å². The SMILES string of the molecule is O=C(/C=C/CN1CCCCC1)Nc1cc2c(Nc3ccc(F)c(Cl)c3F)ncnc2cc1CCCOC(F)F. The molecule has 0 atom stereocenters. The van der Waals surface area contributed by atoms with E-state index in [2.05, 4.69) is 30.2 Å². The van der Waals surface area contributed by atoms with Crippen LogP contribution in [-0.4, -0.2) is 53.6 Å². The van der Waals surface area contributed by atoms with Crippen molar-refractivity contribution in [3.8, 4) is 0 Å². The molecule has 1 amide bonds. The lowest BCUT2D eigenvalue weighted by Gasteiger charge is -2.24. The Balaban J connectivity index is 1.59. The summed E-state index contributed by atoms with van der Waals surface area (Å²) in [7, 11) is 0. The molecule has 7 nitrogen and oxygen atoms in total. The summed E-state index contributed by atoms with van der Waals surface area (Å²) in [6.07, 6.45) is 8.62. The molecule has 0 bridgehead atoms. The van der Waals surface area contributed by atoms with Crippen LogP contribution in [0, 0.1) is 11.6 Å². The maximum absolute atomic E-state index is 14.5. The Morgan fingerprint density at radius 3 is 2.69 bits per heavy atom. The van der Waals surface area contributed by atoms with Crippen LogP contribution in [-0.2, 0) is 16.0 Å². The van der Waals surface area contributed by atoms with Crippen LogP contribution in [0.4, 0.5) is 34.8 Å². The number of piperidine rings is 1. The molecule has 0 saturated carbocycles. The summed E-state index contributed by atoms with van der Waals surface area (Å²) in [5.74, 6) is -2.04. The molecule has 12 heteroatoms. The van der Waals surface area contributed by atoms with Gasteiger partial charge in [0, 0.05) is 23.7 Å². The van der Waals surface area contributed by atoms with Gasteiger partial charge in [-0.2, -0.15) is 8.78 Å². The number of rotatable bonds is 11. The van der Waals surface area contributed by atoms with Crippen LogP contribution in [0.25, 0.3) is 10.9 Å². The van der Waals surface area contributed by atoms with E-state index in [4.69, 9.17) is 11.6 Å². The fourth-order valence-corrected chi connectivity index (χ4v) is 4.54. The highest BCUT2D eigenvalue weighted by Crippen LogP contribution is 2.32. The van der Waals surface area contributed by atoms with Gasteiger partial charge in [0.25, 0.3) is 0 Å². The van der Waals surface area contributed by atoms with E-state index in [1.807, 2.05) is 0 Å². The zero-order chi connectivity index (χ0) is 27.8. The second-order valence-corrected chi connectivity index (χ2v) is 9.46. The molecule has 0 unspecified atom stereocenters. The lowest BCUT2D eigenvalue weighted by Crippen LogP contribution is -2.29. The summed E-state index contributed by atoms with van der Waals surface area (Å²) < 4.78 is 57.3. The molecule has 0 spiro atoms. The predicted molar refractivity (Wildman–Crippen MR) is 143 cm³/mol. The number of nitrogens with one attached hydrogen (secondary N) is 2. The summed E-state index contributed by atoms with van der Waals surface area (Å²) >= 11 is 5.70. The number of nitrogens with zero attached hydrogens (tertiary/aromatic N) is 3. The van der Waals surface area contributed by atoms with Gasteiger partial charge in [-0.1, -0.05) is 24.1 Å². The third kappa shape index (κ3) is 7.87. The molecule has 2 aromatic carbocycles. The summed E-state index contributed by atoms with van der Waals surface area (Å²) in [6, 6.07) is 5.54. The van der Waals surface area contributed by atoms with Crippen LogP contribution in [0.3, 0.4) is 0 Å². The van der Waals surface area contributed by atoms with Crippen molar-refractivity contribution < 1.29 is 27.1 Å². The van der Waals surface area contributed by atoms with Crippen LogP contribution in [0.2, 0.25) is 5.02 Å². The van der Waals surface area contributed by atoms with Crippen LogP contribution in [0.15, 0.2) is 42.7 Å². The molecule has 4 rings (SSSR count). The first-order chi connectivity index (χ1) is 18.8. The predicted octanol–water partition coefficient (Wildman–Crippen LogP) is 6.46. The summed E-state index contributed by atoms with van der Waals surface area (Å²) in [4.78, 5) is 23.5. The molecule has 39 heavy (non-hydrogen) atoms. The van der Waals surface area contributed by atoms with Gasteiger partial charge in [-0.25, -0.2) is 18.7 Å². The van der Waals surface area contributed by atoms with Crippen LogP contribution < -0.4 is 10.6 Å². The number of carbonyl (C=O) groups excluding carboxylic acids is 1. The van der Waals surface area contributed by atoms with Gasteiger partial charge in [-0.05, 0) is 68.6 Å². The van der Waals surface area contributed by atoms with Gasteiger partial charge in [0.05, 0.1) is 17.8 Å². The zero-order valence-electron chi connectivity index (χ0n) is 21.0. The molecule has 2 heterocycles. The van der Waals surface area contributed by atoms with Gasteiger partial charge in [0.15, 0.2) is 5.82 Å². The quantitative estimate of drug-likeness (QED) is 0.120. The van der Waals surface area contributed by atoms with Crippen molar-refractivity contribution in [3.63, 3.8) is 0 Å². The van der Waals surface area contributed by atoms with Gasteiger partial charge >= 0.3 is 6.61 Å². The van der Waals surface area contributed by atoms with E-state index >= 15 is 0 Å². The molecule has 2 N–H and O–H groups in total. The number of anilines is 3. The third-order valence-corrected chi connectivity index (χ3v) is 6.67. The highest BCUT2D eigenvalue weighted by Gasteiger charge is 2.16. The maximum Gasteiger partial charge on any atom is 0.345 e. The second kappa shape index (κ2) is 13.7. The number of amides is 1. The van der Waals surface area contributed by atoms with Gasteiger partial charge < -0.3 is 15.4 Å². The van der Waals surface area contributed by atoms with E-state index in [0.29, 0.717) is 35.1 Å².